The lowest BCUT2D eigenvalue weighted by molar-refractivity contribution is 0.360. The fourth-order valence-corrected chi connectivity index (χ4v) is 5.59. The zero-order valence-corrected chi connectivity index (χ0v) is 20.9. The molecule has 0 amide bonds. The first-order valence-electron chi connectivity index (χ1n) is 11.6. The number of benzene rings is 2. The minimum absolute atomic E-state index is 0. The van der Waals surface area contributed by atoms with Gasteiger partial charge >= 0.3 is 0 Å². The molecule has 3 N–H and O–H groups in total. The summed E-state index contributed by atoms with van der Waals surface area (Å²) in [7, 11) is 0. The van der Waals surface area contributed by atoms with Crippen LogP contribution in [-0.4, -0.2) is 24.2 Å². The number of nitrogens with two attached hydrogens (primary N) is 1. The van der Waals surface area contributed by atoms with Crippen molar-refractivity contribution in [3.8, 4) is 0 Å². The molecule has 3 aromatic rings. The molecule has 0 aliphatic heterocycles. The minimum Gasteiger partial charge on any atom is -0.344 e. The molecule has 1 fully saturated rings. The second kappa shape index (κ2) is 12.3. The van der Waals surface area contributed by atoms with E-state index in [1.807, 2.05) is 6.07 Å². The quantitative estimate of drug-likeness (QED) is 0.306. The van der Waals surface area contributed by atoms with Crippen LogP contribution in [-0.2, 0) is 0 Å². The van der Waals surface area contributed by atoms with Crippen molar-refractivity contribution in [2.75, 3.05) is 19.6 Å². The molecule has 1 atom stereocenters. The molecule has 0 radical (unpaired) electrons. The van der Waals surface area contributed by atoms with E-state index in [0.29, 0.717) is 16.1 Å². The number of nitrogens with one attached hydrogen (secondary N) is 1. The summed E-state index contributed by atoms with van der Waals surface area (Å²) in [6, 6.07) is 15.4. The highest BCUT2D eigenvalue weighted by molar-refractivity contribution is 6.34. The van der Waals surface area contributed by atoms with E-state index in [1.54, 1.807) is 0 Å². The van der Waals surface area contributed by atoms with Crippen LogP contribution in [0.4, 0.5) is 0 Å². The molecule has 0 spiro atoms. The first kappa shape index (κ1) is 25.4. The lowest BCUT2D eigenvalue weighted by atomic mass is 9.88. The van der Waals surface area contributed by atoms with Gasteiger partial charge in [0.05, 0.1) is 0 Å². The van der Waals surface area contributed by atoms with Gasteiger partial charge in [0.2, 0.25) is 0 Å². The smallest absolute Gasteiger partial charge is 0.0485 e. The molecule has 1 aromatic heterocycles. The normalized spacial score (nSPS) is 15.6. The van der Waals surface area contributed by atoms with Gasteiger partial charge in [0, 0.05) is 39.1 Å². The Kier molecular flexibility index (Phi) is 9.76. The molecule has 1 aliphatic carbocycles. The van der Waals surface area contributed by atoms with Crippen LogP contribution in [0.2, 0.25) is 10.0 Å². The first-order valence-corrected chi connectivity index (χ1v) is 12.4. The molecule has 174 valence electrons. The molecule has 1 aliphatic rings. The van der Waals surface area contributed by atoms with Crippen molar-refractivity contribution in [3.63, 3.8) is 0 Å². The molecule has 2 aromatic carbocycles. The molecule has 32 heavy (non-hydrogen) atoms. The number of rotatable bonds is 9. The number of fused-ring (bicyclic) bond motifs is 1. The minimum atomic E-state index is 0. The monoisotopic (exact) mass is 493 g/mol. The lowest BCUT2D eigenvalue weighted by Gasteiger charge is -2.24. The maximum Gasteiger partial charge on any atom is 0.0485 e. The molecular formula is C26H34Cl3N3. The van der Waals surface area contributed by atoms with Crippen LogP contribution in [0.3, 0.4) is 0 Å². The molecule has 6 heteroatoms. The van der Waals surface area contributed by atoms with E-state index in [4.69, 9.17) is 28.9 Å². The van der Waals surface area contributed by atoms with Gasteiger partial charge in [-0.3, -0.25) is 0 Å². The predicted octanol–water partition coefficient (Wildman–Crippen LogP) is 7.34. The SMILES string of the molecule is Cl.NCCCNCCC(c1cc(Cl)cc(Cl)c1)c1cn(C2CCCCC2)c2ccccc12. The van der Waals surface area contributed by atoms with Gasteiger partial charge in [0.25, 0.3) is 0 Å². The van der Waals surface area contributed by atoms with Crippen LogP contribution in [0.25, 0.3) is 10.9 Å². The average Bonchev–Trinajstić information content (AvgIpc) is 3.16. The summed E-state index contributed by atoms with van der Waals surface area (Å²) in [5, 5.41) is 6.28. The van der Waals surface area contributed by atoms with Gasteiger partial charge in [-0.15, -0.1) is 12.4 Å². The molecule has 3 nitrogen and oxygen atoms in total. The van der Waals surface area contributed by atoms with Crippen molar-refractivity contribution in [1.29, 1.82) is 0 Å². The summed E-state index contributed by atoms with van der Waals surface area (Å²) < 4.78 is 2.55. The van der Waals surface area contributed by atoms with Gasteiger partial charge in [0.15, 0.2) is 0 Å². The van der Waals surface area contributed by atoms with E-state index >= 15 is 0 Å². The van der Waals surface area contributed by atoms with Gasteiger partial charge in [0.1, 0.15) is 0 Å². The Morgan fingerprint density at radius 3 is 2.44 bits per heavy atom. The fraction of sp³-hybridized carbons (Fsp3) is 0.462. The Hall–Kier alpha value is -1.23. The third kappa shape index (κ3) is 6.01. The van der Waals surface area contributed by atoms with E-state index < -0.39 is 0 Å². The van der Waals surface area contributed by atoms with E-state index in [-0.39, 0.29) is 18.3 Å². The lowest BCUT2D eigenvalue weighted by Crippen LogP contribution is -2.21. The van der Waals surface area contributed by atoms with Crippen LogP contribution in [0, 0.1) is 0 Å². The Morgan fingerprint density at radius 1 is 1.00 bits per heavy atom. The number of hydrogen-bond donors (Lipinski definition) is 2. The highest BCUT2D eigenvalue weighted by Gasteiger charge is 2.24. The molecule has 1 saturated carbocycles. The van der Waals surface area contributed by atoms with Crippen LogP contribution < -0.4 is 11.1 Å². The van der Waals surface area contributed by atoms with Crippen molar-refractivity contribution >= 4 is 46.5 Å². The summed E-state index contributed by atoms with van der Waals surface area (Å²) >= 11 is 12.8. The van der Waals surface area contributed by atoms with Gasteiger partial charge in [-0.25, -0.2) is 0 Å². The van der Waals surface area contributed by atoms with Gasteiger partial charge < -0.3 is 15.6 Å². The third-order valence-electron chi connectivity index (χ3n) is 6.57. The molecule has 0 bridgehead atoms. The fourth-order valence-electron chi connectivity index (χ4n) is 5.05. The topological polar surface area (TPSA) is 43.0 Å². The van der Waals surface area contributed by atoms with E-state index in [0.717, 1.165) is 32.5 Å². The number of nitrogens with zero attached hydrogens (tertiary/aromatic N) is 1. The second-order valence-electron chi connectivity index (χ2n) is 8.74. The number of hydrogen-bond acceptors (Lipinski definition) is 2. The van der Waals surface area contributed by atoms with Crippen LogP contribution >= 0.6 is 35.6 Å². The van der Waals surface area contributed by atoms with Gasteiger partial charge in [-0.2, -0.15) is 0 Å². The Bertz CT molecular complexity index is 975. The summed E-state index contributed by atoms with van der Waals surface area (Å²) in [6.07, 6.45) is 10.9. The summed E-state index contributed by atoms with van der Waals surface area (Å²) in [6.45, 7) is 2.59. The molecule has 1 unspecified atom stereocenters. The molecule has 4 rings (SSSR count). The molecule has 1 heterocycles. The summed E-state index contributed by atoms with van der Waals surface area (Å²) in [5.41, 5.74) is 9.56. The van der Waals surface area contributed by atoms with Gasteiger partial charge in [-0.05, 0) is 80.7 Å². The van der Waals surface area contributed by atoms with Crippen LogP contribution in [0.15, 0.2) is 48.7 Å². The third-order valence-corrected chi connectivity index (χ3v) is 7.01. The molecular weight excluding hydrogens is 461 g/mol. The van der Waals surface area contributed by atoms with Crippen molar-refractivity contribution in [2.24, 2.45) is 5.73 Å². The van der Waals surface area contributed by atoms with E-state index in [9.17, 15) is 0 Å². The zero-order chi connectivity index (χ0) is 21.6. The Balaban J connectivity index is 0.00000289. The predicted molar refractivity (Wildman–Crippen MR) is 141 cm³/mol. The largest absolute Gasteiger partial charge is 0.344 e. The second-order valence-corrected chi connectivity index (χ2v) is 9.61. The highest BCUT2D eigenvalue weighted by atomic mass is 35.5. The summed E-state index contributed by atoms with van der Waals surface area (Å²) in [5.74, 6) is 0.233. The Labute approximate surface area is 208 Å². The van der Waals surface area contributed by atoms with Crippen LogP contribution in [0.1, 0.15) is 68.0 Å². The summed E-state index contributed by atoms with van der Waals surface area (Å²) in [4.78, 5) is 0. The number of halogens is 3. The van der Waals surface area contributed by atoms with Crippen molar-refractivity contribution in [1.82, 2.24) is 9.88 Å². The maximum atomic E-state index is 6.41. The maximum absolute atomic E-state index is 6.41. The standard InChI is InChI=1S/C26H33Cl2N3.ClH/c27-20-15-19(16-21(28)17-20)23(11-14-30-13-6-12-29)25-18-31(22-7-2-1-3-8-22)26-10-5-4-9-24(25)26;/h4-5,9-10,15-18,22-23,30H,1-3,6-8,11-14,29H2;1H. The van der Waals surface area contributed by atoms with Crippen molar-refractivity contribution in [2.45, 2.75) is 56.9 Å². The average molecular weight is 495 g/mol. The number of para-hydroxylation sites is 1. The number of aromatic nitrogens is 1. The first-order chi connectivity index (χ1) is 15.2. The van der Waals surface area contributed by atoms with Gasteiger partial charge in [-0.1, -0.05) is 60.7 Å². The zero-order valence-electron chi connectivity index (χ0n) is 18.5. The Morgan fingerprint density at radius 2 is 1.72 bits per heavy atom. The van der Waals surface area contributed by atoms with E-state index in [1.165, 1.54) is 54.1 Å². The van der Waals surface area contributed by atoms with Crippen molar-refractivity contribution in [3.05, 3.63) is 69.8 Å². The molecule has 0 saturated heterocycles. The van der Waals surface area contributed by atoms with Crippen molar-refractivity contribution < 1.29 is 0 Å². The van der Waals surface area contributed by atoms with Crippen LogP contribution in [0.5, 0.6) is 0 Å². The van der Waals surface area contributed by atoms with E-state index in [2.05, 4.69) is 52.5 Å². The highest BCUT2D eigenvalue weighted by Crippen LogP contribution is 2.39.